The molecule has 306 valence electrons. The smallest absolute Gasteiger partial charge is 0.305 e. The number of aliphatic hydroxyl groups excluding tert-OH is 1. The predicted molar refractivity (Wildman–Crippen MR) is 199 cm³/mol. The van der Waals surface area contributed by atoms with Gasteiger partial charge in [-0.1, -0.05) is 62.7 Å². The fourth-order valence-corrected chi connectivity index (χ4v) is 5.31. The molecule has 2 aromatic rings. The lowest BCUT2D eigenvalue weighted by Crippen LogP contribution is -2.60. The molecule has 0 spiro atoms. The van der Waals surface area contributed by atoms with Crippen LogP contribution in [0.4, 0.5) is 0 Å². The minimum Gasteiger partial charge on any atom is -0.481 e. The van der Waals surface area contributed by atoms with Crippen LogP contribution in [0.2, 0.25) is 0 Å². The Morgan fingerprint density at radius 1 is 0.696 bits per heavy atom. The quantitative estimate of drug-likeness (QED) is 0.0478. The van der Waals surface area contributed by atoms with Crippen LogP contribution in [0.1, 0.15) is 51.5 Å². The molecule has 0 aliphatic carbocycles. The highest BCUT2D eigenvalue weighted by atomic mass is 16.4. The van der Waals surface area contributed by atoms with Crippen molar-refractivity contribution in [3.05, 3.63) is 48.0 Å². The third kappa shape index (κ3) is 15.7. The zero-order valence-electron chi connectivity index (χ0n) is 31.0. The minimum atomic E-state index is -1.85. The number of hydrogen-bond donors (Lipinski definition) is 11. The SMILES string of the molecule is CC[C@H](C)[C@H](NC(=O)[C@H](CC(=O)O)NC(=O)[C@H](CC(N)=O)NC(=O)[C@H](Cc1ccc2ccccc2c1)NC(=O)[C@@H](N)CC(=O)O)C(=O)NCC(=O)NCCCO. The highest BCUT2D eigenvalue weighted by Gasteiger charge is 2.35. The summed E-state index contributed by atoms with van der Waals surface area (Å²) in [4.78, 5) is 114. The average Bonchev–Trinajstić information content (AvgIpc) is 3.14. The Morgan fingerprint density at radius 2 is 1.27 bits per heavy atom. The van der Waals surface area contributed by atoms with E-state index in [1.807, 2.05) is 18.2 Å². The second-order valence-corrected chi connectivity index (χ2v) is 13.1. The third-order valence-electron chi connectivity index (χ3n) is 8.54. The van der Waals surface area contributed by atoms with Crippen molar-refractivity contribution in [3.63, 3.8) is 0 Å². The molecule has 2 rings (SSSR count). The summed E-state index contributed by atoms with van der Waals surface area (Å²) in [6.45, 7) is 2.85. The van der Waals surface area contributed by atoms with Crippen LogP contribution in [-0.2, 0) is 49.6 Å². The maximum atomic E-state index is 13.7. The van der Waals surface area contributed by atoms with Gasteiger partial charge in [0, 0.05) is 19.6 Å². The van der Waals surface area contributed by atoms with Crippen LogP contribution in [0.3, 0.4) is 0 Å². The van der Waals surface area contributed by atoms with Crippen molar-refractivity contribution in [2.24, 2.45) is 17.4 Å². The van der Waals surface area contributed by atoms with Crippen LogP contribution >= 0.6 is 0 Å². The molecule has 0 aliphatic heterocycles. The number of fused-ring (bicyclic) bond motifs is 1. The molecule has 0 saturated carbocycles. The number of carboxylic acids is 2. The van der Waals surface area contributed by atoms with Crippen molar-refractivity contribution in [3.8, 4) is 0 Å². The van der Waals surface area contributed by atoms with Crippen LogP contribution in [0, 0.1) is 5.92 Å². The van der Waals surface area contributed by atoms with Gasteiger partial charge in [0.15, 0.2) is 0 Å². The monoisotopic (exact) mass is 786 g/mol. The van der Waals surface area contributed by atoms with E-state index < -0.39 is 115 Å². The van der Waals surface area contributed by atoms with Gasteiger partial charge in [0.25, 0.3) is 0 Å². The number of hydrogen-bond acceptors (Lipinski definition) is 11. The highest BCUT2D eigenvalue weighted by Crippen LogP contribution is 2.17. The summed E-state index contributed by atoms with van der Waals surface area (Å²) in [5.41, 5.74) is 11.6. The summed E-state index contributed by atoms with van der Waals surface area (Å²) >= 11 is 0. The lowest BCUT2D eigenvalue weighted by Gasteiger charge is -2.27. The molecule has 0 aromatic heterocycles. The number of carbonyl (C=O) groups excluding carboxylic acids is 7. The van der Waals surface area contributed by atoms with Gasteiger partial charge < -0.3 is 58.7 Å². The van der Waals surface area contributed by atoms with E-state index >= 15 is 0 Å². The summed E-state index contributed by atoms with van der Waals surface area (Å²) < 4.78 is 0. The number of aliphatic carboxylic acids is 2. The second-order valence-electron chi connectivity index (χ2n) is 13.1. The van der Waals surface area contributed by atoms with Crippen molar-refractivity contribution in [2.45, 2.75) is 82.6 Å². The summed E-state index contributed by atoms with van der Waals surface area (Å²) in [6.07, 6.45) is -2.16. The van der Waals surface area contributed by atoms with Crippen LogP contribution in [0.15, 0.2) is 42.5 Å². The van der Waals surface area contributed by atoms with Gasteiger partial charge in [-0.05, 0) is 28.7 Å². The predicted octanol–water partition coefficient (Wildman–Crippen LogP) is -2.87. The highest BCUT2D eigenvalue weighted by molar-refractivity contribution is 5.99. The summed E-state index contributed by atoms with van der Waals surface area (Å²) in [6, 6.07) is 4.45. The zero-order valence-corrected chi connectivity index (χ0v) is 31.0. The van der Waals surface area contributed by atoms with E-state index in [1.54, 1.807) is 38.1 Å². The van der Waals surface area contributed by atoms with Crippen molar-refractivity contribution >= 4 is 64.1 Å². The third-order valence-corrected chi connectivity index (χ3v) is 8.54. The van der Waals surface area contributed by atoms with Crippen LogP contribution in [-0.4, -0.2) is 119 Å². The average molecular weight is 787 g/mol. The van der Waals surface area contributed by atoms with Gasteiger partial charge in [-0.15, -0.1) is 0 Å². The van der Waals surface area contributed by atoms with Crippen molar-refractivity contribution < 1.29 is 58.5 Å². The van der Waals surface area contributed by atoms with Crippen LogP contribution in [0.5, 0.6) is 0 Å². The molecule has 0 unspecified atom stereocenters. The van der Waals surface area contributed by atoms with Gasteiger partial charge in [0.1, 0.15) is 24.2 Å². The molecule has 20 heteroatoms. The molecule has 2 aromatic carbocycles. The Balaban J connectivity index is 2.33. The first-order valence-corrected chi connectivity index (χ1v) is 17.8. The Labute approximate surface area is 321 Å². The number of amides is 7. The number of rotatable bonds is 24. The largest absolute Gasteiger partial charge is 0.481 e. The summed E-state index contributed by atoms with van der Waals surface area (Å²) in [5.74, 6) is -10.3. The molecule has 20 nitrogen and oxygen atoms in total. The van der Waals surface area contributed by atoms with E-state index in [4.69, 9.17) is 21.7 Å². The van der Waals surface area contributed by atoms with E-state index in [9.17, 15) is 48.3 Å². The molecule has 6 atom stereocenters. The standard InChI is InChI=1S/C36H50N8O12/c1-3-19(2)31(36(56)40-18-28(47)39-11-6-12-45)44-35(55)26(17-30(50)51)43-34(54)25(16-27(38)46)42-33(53)24(41-32(52)23(37)15-29(48)49)14-20-9-10-21-7-4-5-8-22(21)13-20/h4-5,7-10,13,19,23-26,31,45H,3,6,11-12,14-18,37H2,1-2H3,(H2,38,46)(H,39,47)(H,40,56)(H,41,52)(H,42,53)(H,43,54)(H,44,55)(H,48,49)(H,50,51)/t19-,23-,24-,25-,26-,31-/m0/s1. The molecule has 13 N–H and O–H groups in total. The second kappa shape index (κ2) is 22.9. The number of carbonyl (C=O) groups is 9. The first-order chi connectivity index (χ1) is 26.4. The van der Waals surface area contributed by atoms with Crippen molar-refractivity contribution in [2.75, 3.05) is 19.7 Å². The number of carboxylic acid groups (broad SMARTS) is 2. The molecule has 0 radical (unpaired) electrons. The van der Waals surface area contributed by atoms with E-state index in [0.29, 0.717) is 12.0 Å². The van der Waals surface area contributed by atoms with E-state index in [0.717, 1.165) is 10.8 Å². The van der Waals surface area contributed by atoms with Gasteiger partial charge >= 0.3 is 11.9 Å². The van der Waals surface area contributed by atoms with E-state index in [1.165, 1.54) is 0 Å². The van der Waals surface area contributed by atoms with Crippen molar-refractivity contribution in [1.82, 2.24) is 31.9 Å². The number of nitrogens with one attached hydrogen (secondary N) is 6. The van der Waals surface area contributed by atoms with Gasteiger partial charge in [-0.2, -0.15) is 0 Å². The maximum absolute atomic E-state index is 13.7. The molecule has 0 fully saturated rings. The number of benzene rings is 2. The molecular weight excluding hydrogens is 736 g/mol. The number of primary amides is 1. The summed E-state index contributed by atoms with van der Waals surface area (Å²) in [5, 5.41) is 43.3. The van der Waals surface area contributed by atoms with Gasteiger partial charge in [0.2, 0.25) is 41.4 Å². The normalized spacial score (nSPS) is 14.1. The van der Waals surface area contributed by atoms with Gasteiger partial charge in [-0.25, -0.2) is 0 Å². The van der Waals surface area contributed by atoms with Crippen LogP contribution < -0.4 is 43.4 Å². The topological polar surface area (TPSA) is 339 Å². The Kier molecular flexibility index (Phi) is 18.8. The number of nitrogens with two attached hydrogens (primary N) is 2. The van der Waals surface area contributed by atoms with E-state index in [2.05, 4.69) is 31.9 Å². The molecule has 56 heavy (non-hydrogen) atoms. The minimum absolute atomic E-state index is 0.158. The maximum Gasteiger partial charge on any atom is 0.305 e. The Bertz CT molecular complexity index is 1760. The molecule has 0 heterocycles. The lowest BCUT2D eigenvalue weighted by molar-refractivity contribution is -0.142. The first-order valence-electron chi connectivity index (χ1n) is 17.8. The fourth-order valence-electron chi connectivity index (χ4n) is 5.31. The summed E-state index contributed by atoms with van der Waals surface area (Å²) in [7, 11) is 0. The van der Waals surface area contributed by atoms with Crippen molar-refractivity contribution in [1.29, 1.82) is 0 Å². The molecule has 0 saturated heterocycles. The van der Waals surface area contributed by atoms with Gasteiger partial charge in [-0.3, -0.25) is 43.2 Å². The van der Waals surface area contributed by atoms with Crippen LogP contribution in [0.25, 0.3) is 10.8 Å². The molecular formula is C36H50N8O12. The molecule has 7 amide bonds. The zero-order chi connectivity index (χ0) is 41.9. The van der Waals surface area contributed by atoms with Gasteiger partial charge in [0.05, 0.1) is 31.8 Å². The number of aliphatic hydroxyl groups is 1. The molecule has 0 aliphatic rings. The fraction of sp³-hybridized carbons (Fsp3) is 0.472. The first kappa shape index (κ1) is 46.0. The Hall–Kier alpha value is -6.15. The molecule has 0 bridgehead atoms. The lowest BCUT2D eigenvalue weighted by atomic mass is 9.97. The Morgan fingerprint density at radius 3 is 1.86 bits per heavy atom. The van der Waals surface area contributed by atoms with E-state index in [-0.39, 0.29) is 26.0 Å².